The monoisotopic (exact) mass is 344 g/mol. The van der Waals surface area contributed by atoms with Gasteiger partial charge in [-0.1, -0.05) is 34.1 Å². The molecule has 1 N–H and O–H groups in total. The van der Waals surface area contributed by atoms with Crippen molar-refractivity contribution in [1.29, 1.82) is 0 Å². The van der Waals surface area contributed by atoms with Gasteiger partial charge in [0, 0.05) is 17.9 Å². The number of aromatic carboxylic acids is 1. The molecule has 0 spiro atoms. The van der Waals surface area contributed by atoms with Crippen LogP contribution in [0.2, 0.25) is 0 Å². The molecule has 0 radical (unpaired) electrons. The first-order valence-electron chi connectivity index (χ1n) is 6.48. The molecule has 1 aromatic heterocycles. The van der Waals surface area contributed by atoms with Crippen molar-refractivity contribution in [2.75, 3.05) is 0 Å². The highest BCUT2D eigenvalue weighted by molar-refractivity contribution is 9.10. The summed E-state index contributed by atoms with van der Waals surface area (Å²) in [4.78, 5) is 16.0. The zero-order valence-electron chi connectivity index (χ0n) is 11.4. The van der Waals surface area contributed by atoms with Crippen molar-refractivity contribution < 1.29 is 9.90 Å². The van der Waals surface area contributed by atoms with E-state index in [9.17, 15) is 9.90 Å². The van der Waals surface area contributed by atoms with Gasteiger partial charge < -0.3 is 9.67 Å². The first kappa shape index (κ1) is 13.8. The molecule has 5 heteroatoms. The van der Waals surface area contributed by atoms with Crippen LogP contribution in [-0.4, -0.2) is 20.6 Å². The number of carboxylic acid groups (broad SMARTS) is 1. The Labute approximate surface area is 130 Å². The molecule has 0 atom stereocenters. The van der Waals surface area contributed by atoms with E-state index in [1.54, 1.807) is 6.07 Å². The van der Waals surface area contributed by atoms with E-state index in [2.05, 4.69) is 20.9 Å². The number of hydrogen-bond donors (Lipinski definition) is 1. The second kappa shape index (κ2) is 5.33. The minimum absolute atomic E-state index is 0.302. The van der Waals surface area contributed by atoms with Crippen LogP contribution in [0.5, 0.6) is 0 Å². The van der Waals surface area contributed by atoms with Gasteiger partial charge in [-0.3, -0.25) is 0 Å². The summed E-state index contributed by atoms with van der Waals surface area (Å²) in [5, 5.41) is 9.33. The van der Waals surface area contributed by atoms with E-state index in [-0.39, 0.29) is 0 Å². The molecule has 0 bridgehead atoms. The summed E-state index contributed by atoms with van der Waals surface area (Å²) in [5.74, 6) is -0.0777. The highest BCUT2D eigenvalue weighted by atomic mass is 79.9. The lowest BCUT2D eigenvalue weighted by atomic mass is 10.0. The second-order valence-electron chi connectivity index (χ2n) is 4.86. The summed E-state index contributed by atoms with van der Waals surface area (Å²) in [6.45, 7) is 0. The van der Waals surface area contributed by atoms with Gasteiger partial charge in [0.05, 0.1) is 16.6 Å². The maximum Gasteiger partial charge on any atom is 0.336 e. The molecule has 0 aliphatic heterocycles. The molecule has 2 aromatic carbocycles. The van der Waals surface area contributed by atoms with E-state index >= 15 is 0 Å². The number of aryl methyl sites for hydroxylation is 1. The third-order valence-corrected chi connectivity index (χ3v) is 4.02. The van der Waals surface area contributed by atoms with E-state index in [1.807, 2.05) is 48.0 Å². The summed E-state index contributed by atoms with van der Waals surface area (Å²) >= 11 is 3.31. The van der Waals surface area contributed by atoms with E-state index in [0.717, 1.165) is 26.9 Å². The first-order valence-corrected chi connectivity index (χ1v) is 7.27. The average Bonchev–Trinajstić information content (AvgIpc) is 2.78. The molecule has 21 heavy (non-hydrogen) atoms. The fraction of sp³-hybridized carbons (Fsp3) is 0.125. The molecule has 106 valence electrons. The topological polar surface area (TPSA) is 55.1 Å². The van der Waals surface area contributed by atoms with E-state index in [1.165, 1.54) is 0 Å². The zero-order chi connectivity index (χ0) is 15.0. The molecule has 0 unspecified atom stereocenters. The van der Waals surface area contributed by atoms with Crippen LogP contribution in [0.4, 0.5) is 0 Å². The van der Waals surface area contributed by atoms with Crippen molar-refractivity contribution in [2.45, 2.75) is 6.42 Å². The van der Waals surface area contributed by atoms with Crippen molar-refractivity contribution in [2.24, 2.45) is 7.05 Å². The molecule has 0 saturated heterocycles. The van der Waals surface area contributed by atoms with Crippen LogP contribution in [-0.2, 0) is 13.5 Å². The fourth-order valence-corrected chi connectivity index (χ4v) is 2.79. The predicted octanol–water partition coefficient (Wildman–Crippen LogP) is 3.62. The highest BCUT2D eigenvalue weighted by Crippen LogP contribution is 2.21. The van der Waals surface area contributed by atoms with Gasteiger partial charge in [-0.25, -0.2) is 9.78 Å². The molecule has 0 amide bonds. The highest BCUT2D eigenvalue weighted by Gasteiger charge is 2.14. The van der Waals surface area contributed by atoms with E-state index < -0.39 is 5.97 Å². The van der Waals surface area contributed by atoms with Crippen LogP contribution in [0, 0.1) is 0 Å². The Morgan fingerprint density at radius 3 is 2.76 bits per heavy atom. The van der Waals surface area contributed by atoms with Gasteiger partial charge in [0.15, 0.2) is 0 Å². The average molecular weight is 345 g/mol. The minimum atomic E-state index is -0.926. The lowest BCUT2D eigenvalue weighted by molar-refractivity contribution is 0.0695. The zero-order valence-corrected chi connectivity index (χ0v) is 13.0. The van der Waals surface area contributed by atoms with E-state index in [4.69, 9.17) is 0 Å². The fourth-order valence-electron chi connectivity index (χ4n) is 2.43. The summed E-state index contributed by atoms with van der Waals surface area (Å²) in [6, 6.07) is 13.2. The first-order chi connectivity index (χ1) is 10.1. The molecular formula is C16H13BrN2O2. The third-order valence-electron chi connectivity index (χ3n) is 3.53. The van der Waals surface area contributed by atoms with Gasteiger partial charge in [0.2, 0.25) is 0 Å². The van der Waals surface area contributed by atoms with Crippen molar-refractivity contribution >= 4 is 32.9 Å². The maximum atomic E-state index is 11.4. The number of halogens is 1. The molecule has 3 aromatic rings. The van der Waals surface area contributed by atoms with Crippen molar-refractivity contribution in [3.05, 3.63) is 63.9 Å². The SMILES string of the molecule is Cn1c(Cc2ccc(Br)cc2C(=O)O)nc2ccccc21. The summed E-state index contributed by atoms with van der Waals surface area (Å²) in [5.41, 5.74) is 3.02. The predicted molar refractivity (Wildman–Crippen MR) is 84.6 cm³/mol. The Kier molecular flexibility index (Phi) is 3.51. The Morgan fingerprint density at radius 2 is 2.05 bits per heavy atom. The van der Waals surface area contributed by atoms with Crippen LogP contribution in [0.1, 0.15) is 21.7 Å². The Morgan fingerprint density at radius 1 is 1.29 bits per heavy atom. The van der Waals surface area contributed by atoms with Gasteiger partial charge in [-0.2, -0.15) is 0 Å². The van der Waals surface area contributed by atoms with Crippen molar-refractivity contribution in [1.82, 2.24) is 9.55 Å². The Hall–Kier alpha value is -2.14. The van der Waals surface area contributed by atoms with Crippen molar-refractivity contribution in [3.8, 4) is 0 Å². The van der Waals surface area contributed by atoms with Gasteiger partial charge >= 0.3 is 5.97 Å². The molecule has 0 fully saturated rings. The maximum absolute atomic E-state index is 11.4. The number of benzene rings is 2. The molecule has 4 nitrogen and oxygen atoms in total. The number of hydrogen-bond acceptors (Lipinski definition) is 2. The lowest BCUT2D eigenvalue weighted by Gasteiger charge is -2.07. The standard InChI is InChI=1S/C16H13BrN2O2/c1-19-14-5-3-2-4-13(14)18-15(19)8-10-6-7-11(17)9-12(10)16(20)21/h2-7,9H,8H2,1H3,(H,20,21). The third kappa shape index (κ3) is 2.56. The van der Waals surface area contributed by atoms with E-state index in [0.29, 0.717) is 12.0 Å². The minimum Gasteiger partial charge on any atom is -0.478 e. The van der Waals surface area contributed by atoms with Gasteiger partial charge in [-0.05, 0) is 29.8 Å². The number of rotatable bonds is 3. The van der Waals surface area contributed by atoms with Crippen LogP contribution in [0.25, 0.3) is 11.0 Å². The number of imidazole rings is 1. The van der Waals surface area contributed by atoms with Gasteiger partial charge in [-0.15, -0.1) is 0 Å². The second-order valence-corrected chi connectivity index (χ2v) is 5.77. The number of nitrogens with zero attached hydrogens (tertiary/aromatic N) is 2. The quantitative estimate of drug-likeness (QED) is 0.789. The van der Waals surface area contributed by atoms with Crippen LogP contribution < -0.4 is 0 Å². The molecular weight excluding hydrogens is 332 g/mol. The Bertz CT molecular complexity index is 839. The normalized spacial score (nSPS) is 11.0. The molecule has 0 aliphatic rings. The molecule has 3 rings (SSSR count). The summed E-state index contributed by atoms with van der Waals surface area (Å²) < 4.78 is 2.76. The molecule has 0 aliphatic carbocycles. The van der Waals surface area contributed by atoms with Crippen molar-refractivity contribution in [3.63, 3.8) is 0 Å². The van der Waals surface area contributed by atoms with Crippen LogP contribution in [0.15, 0.2) is 46.9 Å². The smallest absolute Gasteiger partial charge is 0.336 e. The number of aromatic nitrogens is 2. The molecule has 0 saturated carbocycles. The number of para-hydroxylation sites is 2. The summed E-state index contributed by atoms with van der Waals surface area (Å²) in [7, 11) is 1.95. The van der Waals surface area contributed by atoms with Gasteiger partial charge in [0.25, 0.3) is 0 Å². The number of carboxylic acids is 1. The Balaban J connectivity index is 2.06. The number of fused-ring (bicyclic) bond motifs is 1. The van der Waals surface area contributed by atoms with Crippen LogP contribution >= 0.6 is 15.9 Å². The number of carbonyl (C=O) groups is 1. The summed E-state index contributed by atoms with van der Waals surface area (Å²) in [6.07, 6.45) is 0.486. The molecule has 1 heterocycles. The lowest BCUT2D eigenvalue weighted by Crippen LogP contribution is -2.06. The largest absolute Gasteiger partial charge is 0.478 e. The van der Waals surface area contributed by atoms with Crippen LogP contribution in [0.3, 0.4) is 0 Å². The van der Waals surface area contributed by atoms with Gasteiger partial charge in [0.1, 0.15) is 5.82 Å².